The number of quaternary nitrogens is 2. The molecule has 1 rings (SSSR count). The molecule has 138 valence electrons. The summed E-state index contributed by atoms with van der Waals surface area (Å²) in [6, 6.07) is 0. The van der Waals surface area contributed by atoms with Gasteiger partial charge in [-0.3, -0.25) is 0 Å². The van der Waals surface area contributed by atoms with E-state index in [1.165, 1.54) is 0 Å². The van der Waals surface area contributed by atoms with Crippen molar-refractivity contribution in [2.45, 2.75) is 19.3 Å². The third-order valence-electron chi connectivity index (χ3n) is 3.59. The van der Waals surface area contributed by atoms with Crippen molar-refractivity contribution in [3.63, 3.8) is 0 Å². The minimum atomic E-state index is -0.205. The summed E-state index contributed by atoms with van der Waals surface area (Å²) in [5.41, 5.74) is 0. The zero-order valence-corrected chi connectivity index (χ0v) is 19.3. The maximum absolute atomic E-state index is 11.6. The smallest absolute Gasteiger partial charge is 0.515 e. The molecule has 2 atom stereocenters. The van der Waals surface area contributed by atoms with E-state index in [1.807, 2.05) is 0 Å². The number of rotatable bonds is 6. The Morgan fingerprint density at radius 1 is 0.783 bits per heavy atom. The second kappa shape index (κ2) is 10.3. The first-order valence-corrected chi connectivity index (χ1v) is 7.49. The Bertz CT molecular complexity index is 356. The molecule has 0 N–H and O–H groups in total. The molecule has 0 radical (unpaired) electrons. The Hall–Kier alpha value is 0.320. The normalized spacial score (nSPS) is 19.9. The first-order valence-electron chi connectivity index (χ1n) is 7.49. The second-order valence-electron chi connectivity index (χ2n) is 7.59. The molecule has 1 aliphatic carbocycles. The number of carbonyl (C=O) groups excluding carboxylic acids is 2. The zero-order chi connectivity index (χ0) is 16.3. The van der Waals surface area contributed by atoms with E-state index in [4.69, 9.17) is 9.47 Å². The van der Waals surface area contributed by atoms with E-state index in [1.54, 1.807) is 42.3 Å². The van der Waals surface area contributed by atoms with Gasteiger partial charge in [-0.15, -0.1) is 0 Å². The van der Waals surface area contributed by atoms with Crippen LogP contribution >= 0.6 is 0 Å². The minimum absolute atomic E-state index is 0. The van der Waals surface area contributed by atoms with Crippen molar-refractivity contribution in [3.8, 4) is 0 Å². The van der Waals surface area contributed by atoms with Crippen LogP contribution in [-0.2, 0) is 9.47 Å². The highest BCUT2D eigenvalue weighted by molar-refractivity contribution is 5.59. The van der Waals surface area contributed by atoms with Gasteiger partial charge in [-0.1, -0.05) is 0 Å². The average Bonchev–Trinajstić information content (AvgIpc) is 3.05. The topological polar surface area (TPSA) is 52.6 Å². The van der Waals surface area contributed by atoms with Gasteiger partial charge in [-0.2, -0.15) is 9.59 Å². The van der Waals surface area contributed by atoms with Crippen molar-refractivity contribution in [3.05, 3.63) is 0 Å². The fourth-order valence-electron chi connectivity index (χ4n) is 2.00. The van der Waals surface area contributed by atoms with Crippen molar-refractivity contribution in [1.29, 1.82) is 0 Å². The number of ether oxygens (including phenoxy) is 2. The number of amides is 2. The maximum Gasteiger partial charge on any atom is 0.515 e. The molecule has 0 aromatic heterocycles. The molecule has 0 spiro atoms. The van der Waals surface area contributed by atoms with Crippen LogP contribution in [0.25, 0.3) is 0 Å². The summed E-state index contributed by atoms with van der Waals surface area (Å²) >= 11 is 0. The monoisotopic (exact) mass is 556 g/mol. The van der Waals surface area contributed by atoms with Crippen LogP contribution in [0.3, 0.4) is 0 Å². The van der Waals surface area contributed by atoms with E-state index in [0.29, 0.717) is 25.0 Å². The lowest BCUT2D eigenvalue weighted by atomic mass is 10.2. The predicted molar refractivity (Wildman–Crippen MR) is 79.6 cm³/mol. The molecule has 0 bridgehead atoms. The number of hydrogen-bond acceptors (Lipinski definition) is 4. The van der Waals surface area contributed by atoms with E-state index >= 15 is 0 Å². The fraction of sp³-hybridized carbons (Fsp3) is 0.867. The van der Waals surface area contributed by atoms with Gasteiger partial charge in [0, 0.05) is 0 Å². The standard InChI is InChI=1S/C15H30N2O4.2HI/c1-16(2,3)14(18)20-9-7-12-11-13(12)8-10-21-15(19)17(4,5)6;;/h12-13H,7-11H2,1-6H3;2*1H/q+2;;/p-2. The third-order valence-corrected chi connectivity index (χ3v) is 3.59. The summed E-state index contributed by atoms with van der Waals surface area (Å²) in [5, 5.41) is 0. The third kappa shape index (κ3) is 10.0. The van der Waals surface area contributed by atoms with Crippen molar-refractivity contribution in [1.82, 2.24) is 0 Å². The fourth-order valence-corrected chi connectivity index (χ4v) is 2.00. The molecule has 0 saturated heterocycles. The van der Waals surface area contributed by atoms with E-state index in [9.17, 15) is 9.59 Å². The molecule has 1 saturated carbocycles. The molecule has 6 nitrogen and oxygen atoms in total. The highest BCUT2D eigenvalue weighted by Crippen LogP contribution is 2.43. The molecule has 8 heteroatoms. The number of carbonyl (C=O) groups is 2. The summed E-state index contributed by atoms with van der Waals surface area (Å²) in [7, 11) is 10.8. The molecule has 2 unspecified atom stereocenters. The van der Waals surface area contributed by atoms with Gasteiger partial charge in [0.05, 0.1) is 55.5 Å². The Labute approximate surface area is 174 Å². The van der Waals surface area contributed by atoms with Crippen LogP contribution in [0.5, 0.6) is 0 Å². The van der Waals surface area contributed by atoms with Gasteiger partial charge in [0.15, 0.2) is 0 Å². The second-order valence-corrected chi connectivity index (χ2v) is 7.59. The van der Waals surface area contributed by atoms with Gasteiger partial charge >= 0.3 is 12.2 Å². The summed E-state index contributed by atoms with van der Waals surface area (Å²) in [4.78, 5) is 23.2. The van der Waals surface area contributed by atoms with Crippen molar-refractivity contribution >= 4 is 12.2 Å². The van der Waals surface area contributed by atoms with E-state index in [-0.39, 0.29) is 69.1 Å². The minimum Gasteiger partial charge on any atom is -1.00 e. The molecule has 0 aromatic carbocycles. The van der Waals surface area contributed by atoms with Gasteiger partial charge in [-0.05, 0) is 31.1 Å². The molecular weight excluding hydrogens is 526 g/mol. The van der Waals surface area contributed by atoms with Crippen LogP contribution in [0.2, 0.25) is 0 Å². The largest absolute Gasteiger partial charge is 1.00 e. The van der Waals surface area contributed by atoms with Crippen LogP contribution in [0.1, 0.15) is 19.3 Å². The molecule has 2 amide bonds. The lowest BCUT2D eigenvalue weighted by molar-refractivity contribution is -0.795. The number of halogens is 2. The molecule has 1 fully saturated rings. The highest BCUT2D eigenvalue weighted by atomic mass is 127. The quantitative estimate of drug-likeness (QED) is 0.248. The SMILES string of the molecule is C[N+](C)(C)C(=O)OCCC1CC1CCOC(=O)[N+](C)(C)C.[I-].[I-]. The van der Waals surface area contributed by atoms with Crippen LogP contribution in [0.15, 0.2) is 0 Å². The van der Waals surface area contributed by atoms with Crippen molar-refractivity contribution in [2.75, 3.05) is 55.5 Å². The molecule has 0 aromatic rings. The zero-order valence-electron chi connectivity index (χ0n) is 15.0. The van der Waals surface area contributed by atoms with Crippen LogP contribution in [0, 0.1) is 11.8 Å². The molecule has 23 heavy (non-hydrogen) atoms. The van der Waals surface area contributed by atoms with Crippen LogP contribution in [0.4, 0.5) is 9.59 Å². The van der Waals surface area contributed by atoms with Gasteiger partial charge < -0.3 is 57.4 Å². The molecule has 0 heterocycles. The summed E-state index contributed by atoms with van der Waals surface area (Å²) < 4.78 is 10.9. The Kier molecular flexibility index (Phi) is 11.5. The van der Waals surface area contributed by atoms with E-state index < -0.39 is 0 Å². The van der Waals surface area contributed by atoms with Gasteiger partial charge in [-0.25, -0.2) is 8.97 Å². The summed E-state index contributed by atoms with van der Waals surface area (Å²) in [6.45, 7) is 0.961. The first kappa shape index (κ1) is 25.6. The average molecular weight is 556 g/mol. The molecule has 1 aliphatic rings. The first-order chi connectivity index (χ1) is 9.51. The number of hydrogen-bond donors (Lipinski definition) is 0. The predicted octanol–water partition coefficient (Wildman–Crippen LogP) is -3.90. The van der Waals surface area contributed by atoms with Gasteiger partial charge in [0.1, 0.15) is 0 Å². The Morgan fingerprint density at radius 3 is 1.35 bits per heavy atom. The lowest BCUT2D eigenvalue weighted by Crippen LogP contribution is -3.00. The van der Waals surface area contributed by atoms with E-state index in [0.717, 1.165) is 19.3 Å². The Balaban J connectivity index is 0. The summed E-state index contributed by atoms with van der Waals surface area (Å²) in [6.07, 6.45) is 2.54. The maximum atomic E-state index is 11.6. The Morgan fingerprint density at radius 2 is 1.09 bits per heavy atom. The number of nitrogens with zero attached hydrogens (tertiary/aromatic N) is 2. The van der Waals surface area contributed by atoms with Crippen LogP contribution in [-0.4, -0.2) is 76.7 Å². The molecular formula is C15H30I2N2O4. The van der Waals surface area contributed by atoms with Gasteiger partial charge in [0.2, 0.25) is 0 Å². The van der Waals surface area contributed by atoms with Gasteiger partial charge in [0.25, 0.3) is 0 Å². The van der Waals surface area contributed by atoms with E-state index in [2.05, 4.69) is 0 Å². The summed E-state index contributed by atoms with van der Waals surface area (Å²) in [5.74, 6) is 1.21. The van der Waals surface area contributed by atoms with Crippen molar-refractivity contribution in [2.24, 2.45) is 11.8 Å². The molecule has 0 aliphatic heterocycles. The van der Waals surface area contributed by atoms with Crippen molar-refractivity contribution < 1.29 is 76.0 Å². The van der Waals surface area contributed by atoms with Crippen LogP contribution < -0.4 is 48.0 Å². The lowest BCUT2D eigenvalue weighted by Gasteiger charge is -2.19. The highest BCUT2D eigenvalue weighted by Gasteiger charge is 2.37.